The number of hydrogen-bond acceptors (Lipinski definition) is 3. The van der Waals surface area contributed by atoms with Gasteiger partial charge in [0, 0.05) is 5.33 Å². The van der Waals surface area contributed by atoms with Crippen LogP contribution in [-0.4, -0.2) is 24.5 Å². The molecule has 0 aliphatic heterocycles. The molecular formula is C4H9BrClNO2. The Morgan fingerprint density at radius 1 is 1.89 bits per heavy atom. The van der Waals surface area contributed by atoms with Gasteiger partial charge in [-0.15, -0.1) is 12.4 Å². The molecule has 0 bridgehead atoms. The average Bonchev–Trinajstić information content (AvgIpc) is 1.84. The van der Waals surface area contributed by atoms with Gasteiger partial charge in [0.05, 0.1) is 7.11 Å². The molecule has 0 saturated heterocycles. The van der Waals surface area contributed by atoms with Crippen LogP contribution in [0.1, 0.15) is 0 Å². The van der Waals surface area contributed by atoms with Crippen molar-refractivity contribution < 1.29 is 9.53 Å². The van der Waals surface area contributed by atoms with Gasteiger partial charge < -0.3 is 10.5 Å². The van der Waals surface area contributed by atoms with Gasteiger partial charge in [-0.05, 0) is 0 Å². The molecular weight excluding hydrogens is 209 g/mol. The summed E-state index contributed by atoms with van der Waals surface area (Å²) >= 11 is 3.03. The van der Waals surface area contributed by atoms with Crippen LogP contribution in [-0.2, 0) is 9.53 Å². The Hall–Kier alpha value is 0.200. The lowest BCUT2D eigenvalue weighted by atomic mass is 10.4. The molecule has 0 aliphatic rings. The van der Waals surface area contributed by atoms with Crippen LogP contribution >= 0.6 is 28.3 Å². The summed E-state index contributed by atoms with van der Waals surface area (Å²) in [7, 11) is 1.31. The van der Waals surface area contributed by atoms with Crippen molar-refractivity contribution in [1.82, 2.24) is 0 Å². The molecule has 0 aromatic heterocycles. The van der Waals surface area contributed by atoms with Crippen molar-refractivity contribution in [3.8, 4) is 0 Å². The molecule has 0 fully saturated rings. The number of methoxy groups -OCH3 is 1. The highest BCUT2D eigenvalue weighted by Gasteiger charge is 2.09. The van der Waals surface area contributed by atoms with E-state index >= 15 is 0 Å². The number of ether oxygens (including phenoxy) is 1. The first-order chi connectivity index (χ1) is 3.72. The molecule has 2 N–H and O–H groups in total. The van der Waals surface area contributed by atoms with E-state index in [-0.39, 0.29) is 18.4 Å². The summed E-state index contributed by atoms with van der Waals surface area (Å²) in [6.45, 7) is 0. The molecule has 0 heterocycles. The maximum atomic E-state index is 10.4. The molecule has 5 heteroatoms. The van der Waals surface area contributed by atoms with Crippen molar-refractivity contribution in [1.29, 1.82) is 0 Å². The highest BCUT2D eigenvalue weighted by Crippen LogP contribution is 1.88. The Morgan fingerprint density at radius 2 is 2.33 bits per heavy atom. The smallest absolute Gasteiger partial charge is 0.323 e. The largest absolute Gasteiger partial charge is 0.468 e. The Bertz CT molecular complexity index is 90.6. The fourth-order valence-corrected chi connectivity index (χ4v) is 0.479. The summed E-state index contributed by atoms with van der Waals surface area (Å²) in [5.74, 6) is -0.387. The van der Waals surface area contributed by atoms with E-state index in [0.29, 0.717) is 5.33 Å². The number of esters is 1. The number of carbonyl (C=O) groups is 1. The number of halogens is 2. The van der Waals surface area contributed by atoms with Crippen molar-refractivity contribution in [2.24, 2.45) is 5.73 Å². The van der Waals surface area contributed by atoms with Gasteiger partial charge in [0.25, 0.3) is 0 Å². The van der Waals surface area contributed by atoms with Gasteiger partial charge in [0.1, 0.15) is 6.04 Å². The third kappa shape index (κ3) is 4.69. The monoisotopic (exact) mass is 217 g/mol. The minimum atomic E-state index is -0.528. The fourth-order valence-electron chi connectivity index (χ4n) is 0.214. The normalized spacial score (nSPS) is 11.4. The van der Waals surface area contributed by atoms with Crippen LogP contribution in [0.5, 0.6) is 0 Å². The Kier molecular flexibility index (Phi) is 8.38. The lowest BCUT2D eigenvalue weighted by molar-refractivity contribution is -0.141. The summed E-state index contributed by atoms with van der Waals surface area (Å²) in [5.41, 5.74) is 5.21. The van der Waals surface area contributed by atoms with Crippen molar-refractivity contribution in [3.05, 3.63) is 0 Å². The second-order valence-electron chi connectivity index (χ2n) is 1.28. The molecule has 0 aromatic carbocycles. The van der Waals surface area contributed by atoms with Crippen LogP contribution in [0.25, 0.3) is 0 Å². The first kappa shape index (κ1) is 11.9. The molecule has 0 aliphatic carbocycles. The van der Waals surface area contributed by atoms with E-state index in [4.69, 9.17) is 5.73 Å². The predicted octanol–water partition coefficient (Wildman–Crippen LogP) is 0.303. The van der Waals surface area contributed by atoms with Gasteiger partial charge in [-0.2, -0.15) is 0 Å². The zero-order valence-electron chi connectivity index (χ0n) is 4.96. The number of carbonyl (C=O) groups excluding carboxylic acids is 1. The zero-order chi connectivity index (χ0) is 6.57. The highest BCUT2D eigenvalue weighted by molar-refractivity contribution is 9.09. The lowest BCUT2D eigenvalue weighted by Gasteiger charge is -2.02. The number of nitrogens with two attached hydrogens (primary N) is 1. The van der Waals surface area contributed by atoms with E-state index in [1.54, 1.807) is 0 Å². The topological polar surface area (TPSA) is 52.3 Å². The zero-order valence-corrected chi connectivity index (χ0v) is 7.37. The minimum Gasteiger partial charge on any atom is -0.468 e. The van der Waals surface area contributed by atoms with E-state index in [9.17, 15) is 4.79 Å². The van der Waals surface area contributed by atoms with Crippen LogP contribution < -0.4 is 5.73 Å². The van der Waals surface area contributed by atoms with Crippen LogP contribution in [0.4, 0.5) is 0 Å². The molecule has 0 spiro atoms. The Morgan fingerprint density at radius 3 is 2.44 bits per heavy atom. The van der Waals surface area contributed by atoms with E-state index in [1.807, 2.05) is 0 Å². The summed E-state index contributed by atoms with van der Waals surface area (Å²) in [5, 5.41) is 0.444. The number of rotatable bonds is 2. The third-order valence-electron chi connectivity index (χ3n) is 0.670. The molecule has 0 amide bonds. The molecule has 0 rings (SSSR count). The summed E-state index contributed by atoms with van der Waals surface area (Å²) in [6, 6.07) is -0.528. The maximum Gasteiger partial charge on any atom is 0.323 e. The van der Waals surface area contributed by atoms with Gasteiger partial charge in [-0.25, -0.2) is 0 Å². The van der Waals surface area contributed by atoms with E-state index in [0.717, 1.165) is 0 Å². The fraction of sp³-hybridized carbons (Fsp3) is 0.750. The Labute approximate surface area is 68.5 Å². The lowest BCUT2D eigenvalue weighted by Crippen LogP contribution is -2.32. The van der Waals surface area contributed by atoms with Crippen LogP contribution in [0.2, 0.25) is 0 Å². The minimum absolute atomic E-state index is 0. The van der Waals surface area contributed by atoms with Crippen molar-refractivity contribution in [2.75, 3.05) is 12.4 Å². The van der Waals surface area contributed by atoms with Crippen molar-refractivity contribution >= 4 is 34.3 Å². The van der Waals surface area contributed by atoms with E-state index < -0.39 is 6.04 Å². The maximum absolute atomic E-state index is 10.4. The van der Waals surface area contributed by atoms with Crippen molar-refractivity contribution in [3.63, 3.8) is 0 Å². The van der Waals surface area contributed by atoms with Crippen LogP contribution in [0.3, 0.4) is 0 Å². The number of hydrogen-bond donors (Lipinski definition) is 1. The summed E-state index contributed by atoms with van der Waals surface area (Å²) in [4.78, 5) is 10.4. The number of alkyl halides is 1. The van der Waals surface area contributed by atoms with E-state index in [2.05, 4.69) is 20.7 Å². The molecule has 9 heavy (non-hydrogen) atoms. The summed E-state index contributed by atoms with van der Waals surface area (Å²) < 4.78 is 4.31. The summed E-state index contributed by atoms with van der Waals surface area (Å²) in [6.07, 6.45) is 0. The quantitative estimate of drug-likeness (QED) is 0.536. The SMILES string of the molecule is COC(=O)[C@H](N)CBr.Cl. The van der Waals surface area contributed by atoms with Gasteiger partial charge >= 0.3 is 5.97 Å². The predicted molar refractivity (Wildman–Crippen MR) is 41.0 cm³/mol. The van der Waals surface area contributed by atoms with E-state index in [1.165, 1.54) is 7.11 Å². The average molecular weight is 218 g/mol. The standard InChI is InChI=1S/C4H8BrNO2.ClH/c1-8-4(7)3(6)2-5;/h3H,2,6H2,1H3;1H/t3-;/m1./s1. The first-order valence-corrected chi connectivity index (χ1v) is 3.24. The van der Waals surface area contributed by atoms with Crippen LogP contribution in [0, 0.1) is 0 Å². The van der Waals surface area contributed by atoms with Gasteiger partial charge in [-0.3, -0.25) is 4.79 Å². The van der Waals surface area contributed by atoms with Crippen molar-refractivity contribution in [2.45, 2.75) is 6.04 Å². The second kappa shape index (κ2) is 6.32. The van der Waals surface area contributed by atoms with Gasteiger partial charge in [-0.1, -0.05) is 15.9 Å². The molecule has 1 atom stereocenters. The molecule has 3 nitrogen and oxygen atoms in total. The van der Waals surface area contributed by atoms with Gasteiger partial charge in [0.15, 0.2) is 0 Å². The second-order valence-corrected chi connectivity index (χ2v) is 1.93. The first-order valence-electron chi connectivity index (χ1n) is 2.11. The Balaban J connectivity index is 0. The van der Waals surface area contributed by atoms with Gasteiger partial charge in [0.2, 0.25) is 0 Å². The molecule has 0 aromatic rings. The molecule has 56 valence electrons. The highest BCUT2D eigenvalue weighted by atomic mass is 79.9. The molecule has 0 radical (unpaired) electrons. The molecule has 0 saturated carbocycles. The molecule has 0 unspecified atom stereocenters. The third-order valence-corrected chi connectivity index (χ3v) is 1.37. The van der Waals surface area contributed by atoms with Crippen LogP contribution in [0.15, 0.2) is 0 Å².